The maximum absolute atomic E-state index is 12.4. The zero-order chi connectivity index (χ0) is 14.3. The highest BCUT2D eigenvalue weighted by Crippen LogP contribution is 2.34. The fraction of sp³-hybridized carbons (Fsp3) is 0.357. The van der Waals surface area contributed by atoms with E-state index in [0.717, 1.165) is 18.4 Å². The van der Waals surface area contributed by atoms with E-state index in [9.17, 15) is 14.4 Å². The van der Waals surface area contributed by atoms with Crippen LogP contribution in [-0.4, -0.2) is 35.8 Å². The average Bonchev–Trinajstić information content (AvgIpc) is 2.98. The molecule has 0 saturated carbocycles. The minimum absolute atomic E-state index is 0.168. The van der Waals surface area contributed by atoms with Crippen molar-refractivity contribution >= 4 is 29.7 Å². The third-order valence-electron chi connectivity index (χ3n) is 3.87. The second-order valence-corrected chi connectivity index (χ2v) is 5.07. The van der Waals surface area contributed by atoms with Gasteiger partial charge in [-0.25, -0.2) is 9.69 Å². The van der Waals surface area contributed by atoms with Crippen LogP contribution >= 0.6 is 0 Å². The van der Waals surface area contributed by atoms with Crippen molar-refractivity contribution in [2.45, 2.75) is 25.8 Å². The van der Waals surface area contributed by atoms with Crippen LogP contribution in [0.2, 0.25) is 0 Å². The van der Waals surface area contributed by atoms with E-state index < -0.39 is 0 Å². The van der Waals surface area contributed by atoms with Gasteiger partial charge in [0.25, 0.3) is 5.91 Å². The molecule has 104 valence electrons. The Morgan fingerprint density at radius 2 is 2.15 bits per heavy atom. The van der Waals surface area contributed by atoms with E-state index in [4.69, 9.17) is 0 Å². The molecule has 2 fully saturated rings. The third-order valence-corrected chi connectivity index (χ3v) is 3.87. The number of fused-ring (bicyclic) bond motifs is 1. The summed E-state index contributed by atoms with van der Waals surface area (Å²) in [5, 5.41) is 2.54. The number of amides is 4. The van der Waals surface area contributed by atoms with Gasteiger partial charge in [-0.3, -0.25) is 9.59 Å². The van der Waals surface area contributed by atoms with Crippen molar-refractivity contribution in [2.24, 2.45) is 0 Å². The number of carbonyl (C=O) groups is 3. The molecule has 1 unspecified atom stereocenters. The number of carbonyl (C=O) groups excluding carboxylic acids is 3. The summed E-state index contributed by atoms with van der Waals surface area (Å²) in [5.74, 6) is -0.168. The molecular formula is C14H15N3O3. The highest BCUT2D eigenvalue weighted by molar-refractivity contribution is 6.22. The topological polar surface area (TPSA) is 69.7 Å². The molecule has 1 aromatic rings. The number of anilines is 2. The summed E-state index contributed by atoms with van der Waals surface area (Å²) in [4.78, 5) is 38.1. The van der Waals surface area contributed by atoms with Crippen LogP contribution in [0.5, 0.6) is 0 Å². The molecule has 4 amide bonds. The van der Waals surface area contributed by atoms with E-state index in [1.54, 1.807) is 23.1 Å². The molecule has 6 nitrogen and oxygen atoms in total. The Morgan fingerprint density at radius 1 is 1.35 bits per heavy atom. The second kappa shape index (κ2) is 4.63. The highest BCUT2D eigenvalue weighted by Gasteiger charge is 2.48. The van der Waals surface area contributed by atoms with Crippen molar-refractivity contribution in [3.05, 3.63) is 23.8 Å². The molecule has 0 spiro atoms. The largest absolute Gasteiger partial charge is 0.332 e. The minimum Gasteiger partial charge on any atom is -0.329 e. The van der Waals surface area contributed by atoms with Crippen LogP contribution in [0.25, 0.3) is 0 Å². The smallest absolute Gasteiger partial charge is 0.329 e. The number of nitrogens with one attached hydrogen (secondary N) is 1. The van der Waals surface area contributed by atoms with Gasteiger partial charge in [0.1, 0.15) is 6.04 Å². The molecular weight excluding hydrogens is 258 g/mol. The lowest BCUT2D eigenvalue weighted by Crippen LogP contribution is -2.33. The normalized spacial score (nSPS) is 21.4. The number of hydrogen-bond donors (Lipinski definition) is 1. The first-order chi connectivity index (χ1) is 9.63. The van der Waals surface area contributed by atoms with Crippen molar-refractivity contribution in [3.8, 4) is 0 Å². The Labute approximate surface area is 116 Å². The van der Waals surface area contributed by atoms with Gasteiger partial charge in [-0.05, 0) is 37.5 Å². The van der Waals surface area contributed by atoms with Crippen molar-refractivity contribution in [2.75, 3.05) is 16.8 Å². The van der Waals surface area contributed by atoms with Crippen LogP contribution in [0.3, 0.4) is 0 Å². The number of urea groups is 1. The number of hydrogen-bond acceptors (Lipinski definition) is 3. The van der Waals surface area contributed by atoms with E-state index in [1.165, 1.54) is 4.90 Å². The fourth-order valence-corrected chi connectivity index (χ4v) is 2.85. The molecule has 2 heterocycles. The van der Waals surface area contributed by atoms with E-state index in [1.807, 2.05) is 6.92 Å². The summed E-state index contributed by atoms with van der Waals surface area (Å²) in [6.45, 7) is 2.47. The first kappa shape index (κ1) is 12.7. The van der Waals surface area contributed by atoms with Gasteiger partial charge in [0.2, 0.25) is 6.41 Å². The average molecular weight is 273 g/mol. The van der Waals surface area contributed by atoms with Crippen LogP contribution in [0.15, 0.2) is 18.2 Å². The van der Waals surface area contributed by atoms with Crippen LogP contribution in [-0.2, 0) is 9.59 Å². The number of nitrogens with zero attached hydrogens (tertiary/aromatic N) is 2. The molecule has 0 radical (unpaired) electrons. The van der Waals surface area contributed by atoms with Gasteiger partial charge < -0.3 is 10.2 Å². The lowest BCUT2D eigenvalue weighted by atomic mass is 10.1. The molecule has 3 rings (SSSR count). The van der Waals surface area contributed by atoms with Gasteiger partial charge in [-0.2, -0.15) is 0 Å². The third kappa shape index (κ3) is 1.76. The van der Waals surface area contributed by atoms with Crippen molar-refractivity contribution < 1.29 is 14.4 Å². The monoisotopic (exact) mass is 273 g/mol. The summed E-state index contributed by atoms with van der Waals surface area (Å²) in [6, 6.07) is 4.60. The molecule has 2 saturated heterocycles. The molecule has 0 aromatic heterocycles. The van der Waals surface area contributed by atoms with Gasteiger partial charge in [0.05, 0.1) is 5.69 Å². The Morgan fingerprint density at radius 3 is 2.85 bits per heavy atom. The summed E-state index contributed by atoms with van der Waals surface area (Å²) >= 11 is 0. The van der Waals surface area contributed by atoms with E-state index >= 15 is 0 Å². The van der Waals surface area contributed by atoms with Crippen LogP contribution in [0.1, 0.15) is 18.4 Å². The van der Waals surface area contributed by atoms with E-state index in [0.29, 0.717) is 24.3 Å². The molecule has 1 aromatic carbocycles. The molecule has 6 heteroatoms. The lowest BCUT2D eigenvalue weighted by molar-refractivity contribution is -0.119. The number of rotatable bonds is 3. The molecule has 1 atom stereocenters. The first-order valence-electron chi connectivity index (χ1n) is 6.59. The number of imide groups is 1. The highest BCUT2D eigenvalue weighted by atomic mass is 16.2. The Hall–Kier alpha value is -2.37. The maximum Gasteiger partial charge on any atom is 0.332 e. The molecule has 0 bridgehead atoms. The molecule has 20 heavy (non-hydrogen) atoms. The molecule has 2 aliphatic rings. The van der Waals surface area contributed by atoms with Crippen LogP contribution in [0.4, 0.5) is 16.2 Å². The Bertz CT molecular complexity index is 577. The quantitative estimate of drug-likeness (QED) is 0.670. The molecule has 0 aliphatic carbocycles. The van der Waals surface area contributed by atoms with Gasteiger partial charge >= 0.3 is 6.03 Å². The zero-order valence-electron chi connectivity index (χ0n) is 11.1. The van der Waals surface area contributed by atoms with Gasteiger partial charge in [0, 0.05) is 12.2 Å². The van der Waals surface area contributed by atoms with Crippen molar-refractivity contribution in [1.29, 1.82) is 0 Å². The molecule has 2 aliphatic heterocycles. The summed E-state index contributed by atoms with van der Waals surface area (Å²) in [6.07, 6.45) is 2.18. The minimum atomic E-state index is -0.315. The van der Waals surface area contributed by atoms with Gasteiger partial charge in [-0.1, -0.05) is 6.07 Å². The predicted octanol–water partition coefficient (Wildman–Crippen LogP) is 1.49. The van der Waals surface area contributed by atoms with Gasteiger partial charge in [-0.15, -0.1) is 0 Å². The fourth-order valence-electron chi connectivity index (χ4n) is 2.85. The summed E-state index contributed by atoms with van der Waals surface area (Å²) in [5.41, 5.74) is 1.93. The second-order valence-electron chi connectivity index (χ2n) is 5.07. The zero-order valence-corrected chi connectivity index (χ0v) is 11.1. The molecule has 1 N–H and O–H groups in total. The summed E-state index contributed by atoms with van der Waals surface area (Å²) < 4.78 is 0. The summed E-state index contributed by atoms with van der Waals surface area (Å²) in [7, 11) is 0. The maximum atomic E-state index is 12.4. The van der Waals surface area contributed by atoms with Crippen LogP contribution in [0, 0.1) is 6.92 Å². The van der Waals surface area contributed by atoms with Gasteiger partial charge in [0.15, 0.2) is 0 Å². The Kier molecular flexibility index (Phi) is 2.93. The van der Waals surface area contributed by atoms with E-state index in [2.05, 4.69) is 5.32 Å². The Balaban J connectivity index is 2.00. The number of aryl methyl sites for hydroxylation is 1. The lowest BCUT2D eigenvalue weighted by Gasteiger charge is -2.18. The predicted molar refractivity (Wildman–Crippen MR) is 73.5 cm³/mol. The SMILES string of the molecule is Cc1ccc(NC=O)cc1N1C(=O)C2CCCN2C1=O. The van der Waals surface area contributed by atoms with Crippen molar-refractivity contribution in [1.82, 2.24) is 4.90 Å². The number of benzene rings is 1. The van der Waals surface area contributed by atoms with E-state index in [-0.39, 0.29) is 18.0 Å². The van der Waals surface area contributed by atoms with Crippen molar-refractivity contribution in [3.63, 3.8) is 0 Å². The first-order valence-corrected chi connectivity index (χ1v) is 6.59. The standard InChI is InChI=1S/C14H15N3O3/c1-9-4-5-10(15-8-18)7-12(9)17-13(19)11-3-2-6-16(11)14(17)20/h4-5,7-8,11H,2-3,6H2,1H3,(H,15,18). The van der Waals surface area contributed by atoms with Crippen LogP contribution < -0.4 is 10.2 Å².